The normalized spacial score (nSPS) is 23.9. The van der Waals surface area contributed by atoms with E-state index in [4.69, 9.17) is 11.6 Å². The highest BCUT2D eigenvalue weighted by Crippen LogP contribution is 2.45. The predicted molar refractivity (Wildman–Crippen MR) is 67.0 cm³/mol. The van der Waals surface area contributed by atoms with Crippen LogP contribution in [0.4, 0.5) is 0 Å². The maximum atomic E-state index is 5.84. The van der Waals surface area contributed by atoms with Gasteiger partial charge in [-0.3, -0.25) is 0 Å². The fourth-order valence-corrected chi connectivity index (χ4v) is 2.56. The van der Waals surface area contributed by atoms with Gasteiger partial charge in [0.1, 0.15) is 5.82 Å². The van der Waals surface area contributed by atoms with Gasteiger partial charge in [0.05, 0.1) is 11.0 Å². The number of aryl methyl sites for hydroxylation is 1. The van der Waals surface area contributed by atoms with E-state index in [1.54, 1.807) is 0 Å². The topological polar surface area (TPSA) is 17.8 Å². The Morgan fingerprint density at radius 2 is 2.19 bits per heavy atom. The van der Waals surface area contributed by atoms with Crippen LogP contribution in [0.15, 0.2) is 24.3 Å². The zero-order chi connectivity index (χ0) is 11.1. The maximum absolute atomic E-state index is 5.84. The fourth-order valence-electron chi connectivity index (χ4n) is 2.39. The molecule has 1 aliphatic carbocycles. The lowest BCUT2D eigenvalue weighted by atomic mass is 10.3. The quantitative estimate of drug-likeness (QED) is 0.745. The van der Waals surface area contributed by atoms with Gasteiger partial charge in [-0.25, -0.2) is 4.98 Å². The number of fused-ring (bicyclic) bond motifs is 1. The number of aromatic nitrogens is 2. The summed E-state index contributed by atoms with van der Waals surface area (Å²) in [4.78, 5) is 4.68. The van der Waals surface area contributed by atoms with E-state index in [1.807, 2.05) is 6.07 Å². The zero-order valence-corrected chi connectivity index (χ0v) is 10.1. The summed E-state index contributed by atoms with van der Waals surface area (Å²) in [6.45, 7) is 2.30. The molecular weight excluding hydrogens is 220 g/mol. The number of hydrogen-bond acceptors (Lipinski definition) is 1. The fraction of sp³-hybridized carbons (Fsp3) is 0.462. The first-order valence-corrected chi connectivity index (χ1v) is 6.36. The van der Waals surface area contributed by atoms with Crippen LogP contribution in [0.2, 0.25) is 0 Å². The van der Waals surface area contributed by atoms with Crippen molar-refractivity contribution in [2.75, 3.05) is 5.88 Å². The van der Waals surface area contributed by atoms with Crippen LogP contribution in [0.25, 0.3) is 11.0 Å². The van der Waals surface area contributed by atoms with Crippen molar-refractivity contribution in [1.29, 1.82) is 0 Å². The Labute approximate surface area is 100 Å². The predicted octanol–water partition coefficient (Wildman–Crippen LogP) is 3.40. The van der Waals surface area contributed by atoms with Crippen LogP contribution >= 0.6 is 11.6 Å². The molecule has 1 fully saturated rings. The highest BCUT2D eigenvalue weighted by atomic mass is 35.5. The largest absolute Gasteiger partial charge is 0.325 e. The van der Waals surface area contributed by atoms with E-state index in [-0.39, 0.29) is 0 Å². The number of hydrogen-bond donors (Lipinski definition) is 0. The molecule has 0 saturated heterocycles. The van der Waals surface area contributed by atoms with E-state index < -0.39 is 0 Å². The molecule has 0 aliphatic heterocycles. The molecule has 0 N–H and O–H groups in total. The van der Waals surface area contributed by atoms with Crippen LogP contribution in [0.3, 0.4) is 0 Å². The average Bonchev–Trinajstić information content (AvgIpc) is 2.89. The SMILES string of the molecule is CC1CC1n1c(CCCl)nc2ccccc21. The molecule has 84 valence electrons. The average molecular weight is 235 g/mol. The van der Waals surface area contributed by atoms with E-state index in [1.165, 1.54) is 11.9 Å². The van der Waals surface area contributed by atoms with Crippen molar-refractivity contribution in [1.82, 2.24) is 9.55 Å². The number of nitrogens with zero attached hydrogens (tertiary/aromatic N) is 2. The monoisotopic (exact) mass is 234 g/mol. The van der Waals surface area contributed by atoms with Gasteiger partial charge in [0.2, 0.25) is 0 Å². The summed E-state index contributed by atoms with van der Waals surface area (Å²) in [7, 11) is 0. The number of imidazole rings is 1. The van der Waals surface area contributed by atoms with Gasteiger partial charge in [-0.2, -0.15) is 0 Å². The highest BCUT2D eigenvalue weighted by Gasteiger charge is 2.36. The lowest BCUT2D eigenvalue weighted by Gasteiger charge is -2.06. The molecule has 2 atom stereocenters. The van der Waals surface area contributed by atoms with Crippen LogP contribution in [-0.4, -0.2) is 15.4 Å². The van der Waals surface area contributed by atoms with Crippen LogP contribution in [0, 0.1) is 5.92 Å². The minimum absolute atomic E-state index is 0.643. The minimum Gasteiger partial charge on any atom is -0.325 e. The summed E-state index contributed by atoms with van der Waals surface area (Å²) in [5.41, 5.74) is 2.36. The van der Waals surface area contributed by atoms with Crippen LogP contribution < -0.4 is 0 Å². The Hall–Kier alpha value is -1.02. The summed E-state index contributed by atoms with van der Waals surface area (Å²) in [5, 5.41) is 0. The summed E-state index contributed by atoms with van der Waals surface area (Å²) >= 11 is 5.84. The van der Waals surface area contributed by atoms with Gasteiger partial charge < -0.3 is 4.57 Å². The summed E-state index contributed by atoms with van der Waals surface area (Å²) in [5.74, 6) is 2.57. The van der Waals surface area contributed by atoms with Crippen molar-refractivity contribution in [3.05, 3.63) is 30.1 Å². The zero-order valence-electron chi connectivity index (χ0n) is 9.36. The van der Waals surface area contributed by atoms with Crippen LogP contribution in [-0.2, 0) is 6.42 Å². The Bertz CT molecular complexity index is 518. The Morgan fingerprint density at radius 3 is 2.88 bits per heavy atom. The van der Waals surface area contributed by atoms with Gasteiger partial charge >= 0.3 is 0 Å². The summed E-state index contributed by atoms with van der Waals surface area (Å²) in [6, 6.07) is 9.01. The van der Waals surface area contributed by atoms with Gasteiger partial charge in [0.25, 0.3) is 0 Å². The first kappa shape index (κ1) is 10.2. The molecule has 2 nitrogen and oxygen atoms in total. The summed E-state index contributed by atoms with van der Waals surface area (Å²) in [6.07, 6.45) is 2.13. The molecule has 0 spiro atoms. The lowest BCUT2D eigenvalue weighted by Crippen LogP contribution is -2.03. The molecule has 1 aromatic carbocycles. The van der Waals surface area contributed by atoms with Crippen molar-refractivity contribution >= 4 is 22.6 Å². The molecule has 1 aromatic heterocycles. The van der Waals surface area contributed by atoms with Gasteiger partial charge in [-0.15, -0.1) is 11.6 Å². The molecule has 0 bridgehead atoms. The van der Waals surface area contributed by atoms with E-state index in [9.17, 15) is 0 Å². The Morgan fingerprint density at radius 1 is 1.44 bits per heavy atom. The standard InChI is InChI=1S/C13H15ClN2/c1-9-8-12(9)16-11-5-3-2-4-10(11)15-13(16)6-7-14/h2-5,9,12H,6-8H2,1H3. The van der Waals surface area contributed by atoms with Crippen molar-refractivity contribution in [2.24, 2.45) is 5.92 Å². The van der Waals surface area contributed by atoms with Gasteiger partial charge in [-0.1, -0.05) is 19.1 Å². The molecule has 1 aliphatic rings. The Kier molecular flexibility index (Phi) is 2.40. The molecule has 1 heterocycles. The van der Waals surface area contributed by atoms with E-state index in [0.29, 0.717) is 11.9 Å². The second-order valence-corrected chi connectivity index (χ2v) is 4.98. The third kappa shape index (κ3) is 1.52. The molecule has 0 amide bonds. The van der Waals surface area contributed by atoms with Crippen molar-refractivity contribution in [2.45, 2.75) is 25.8 Å². The third-order valence-electron chi connectivity index (χ3n) is 3.39. The number of halogens is 1. The smallest absolute Gasteiger partial charge is 0.111 e. The first-order valence-electron chi connectivity index (χ1n) is 5.83. The van der Waals surface area contributed by atoms with E-state index in [0.717, 1.165) is 23.7 Å². The number of rotatable bonds is 3. The number of alkyl halides is 1. The molecule has 1 saturated carbocycles. The van der Waals surface area contributed by atoms with Gasteiger partial charge in [0, 0.05) is 18.3 Å². The number of benzene rings is 1. The first-order chi connectivity index (χ1) is 7.81. The molecule has 16 heavy (non-hydrogen) atoms. The van der Waals surface area contributed by atoms with E-state index >= 15 is 0 Å². The second kappa shape index (κ2) is 3.77. The Balaban J connectivity index is 2.16. The van der Waals surface area contributed by atoms with Crippen molar-refractivity contribution in [3.8, 4) is 0 Å². The van der Waals surface area contributed by atoms with Gasteiger partial charge in [0.15, 0.2) is 0 Å². The molecule has 0 radical (unpaired) electrons. The highest BCUT2D eigenvalue weighted by molar-refractivity contribution is 6.17. The second-order valence-electron chi connectivity index (χ2n) is 4.61. The lowest BCUT2D eigenvalue weighted by molar-refractivity contribution is 0.665. The van der Waals surface area contributed by atoms with E-state index in [2.05, 4.69) is 34.7 Å². The van der Waals surface area contributed by atoms with Crippen LogP contribution in [0.5, 0.6) is 0 Å². The molecule has 3 heteroatoms. The van der Waals surface area contributed by atoms with Gasteiger partial charge in [-0.05, 0) is 24.5 Å². The third-order valence-corrected chi connectivity index (χ3v) is 3.57. The molecule has 3 rings (SSSR count). The number of para-hydroxylation sites is 2. The maximum Gasteiger partial charge on any atom is 0.111 e. The summed E-state index contributed by atoms with van der Waals surface area (Å²) < 4.78 is 2.39. The van der Waals surface area contributed by atoms with Crippen LogP contribution in [0.1, 0.15) is 25.2 Å². The van der Waals surface area contributed by atoms with Crippen molar-refractivity contribution < 1.29 is 0 Å². The molecular formula is C13H15ClN2. The molecule has 2 unspecified atom stereocenters. The minimum atomic E-state index is 0.643. The molecule has 2 aromatic rings. The van der Waals surface area contributed by atoms with Crippen molar-refractivity contribution in [3.63, 3.8) is 0 Å².